The maximum atomic E-state index is 13.1. The predicted octanol–water partition coefficient (Wildman–Crippen LogP) is 3.93. The summed E-state index contributed by atoms with van der Waals surface area (Å²) in [6.45, 7) is 0. The van der Waals surface area contributed by atoms with Gasteiger partial charge in [0.15, 0.2) is 12.2 Å². The molecule has 0 fully saturated rings. The van der Waals surface area contributed by atoms with E-state index in [1.54, 1.807) is 24.3 Å². The van der Waals surface area contributed by atoms with Crippen molar-refractivity contribution in [2.24, 2.45) is 0 Å². The van der Waals surface area contributed by atoms with Gasteiger partial charge < -0.3 is 4.42 Å². The smallest absolute Gasteiger partial charge is 0.263 e. The number of sulfonamides is 1. The van der Waals surface area contributed by atoms with Crippen LogP contribution in [0, 0.1) is 5.82 Å². The average molecular weight is 353 g/mol. The molecule has 3 rings (SSSR count). The average Bonchev–Trinajstić information content (AvgIpc) is 3.00. The van der Waals surface area contributed by atoms with Gasteiger partial charge in [0.1, 0.15) is 10.7 Å². The molecule has 5 nitrogen and oxygen atoms in total. The highest BCUT2D eigenvalue weighted by molar-refractivity contribution is 7.92. The Morgan fingerprint density at radius 1 is 1.17 bits per heavy atom. The van der Waals surface area contributed by atoms with Crippen molar-refractivity contribution in [2.45, 2.75) is 4.90 Å². The molecule has 0 atom stereocenters. The summed E-state index contributed by atoms with van der Waals surface area (Å²) in [5.41, 5.74) is 0.979. The van der Waals surface area contributed by atoms with Crippen molar-refractivity contribution < 1.29 is 17.2 Å². The second-order valence-corrected chi connectivity index (χ2v) is 6.68. The number of anilines is 1. The zero-order valence-corrected chi connectivity index (χ0v) is 13.1. The lowest BCUT2D eigenvalue weighted by Crippen LogP contribution is -2.13. The Balaban J connectivity index is 1.93. The van der Waals surface area contributed by atoms with Crippen LogP contribution in [0.25, 0.3) is 11.3 Å². The topological polar surface area (TPSA) is 72.2 Å². The highest BCUT2D eigenvalue weighted by Crippen LogP contribution is 2.27. The number of nitrogens with one attached hydrogen (secondary N) is 1. The minimum atomic E-state index is -3.94. The summed E-state index contributed by atoms with van der Waals surface area (Å²) in [4.78, 5) is 3.61. The Labute approximate surface area is 136 Å². The van der Waals surface area contributed by atoms with Gasteiger partial charge in [0.05, 0.1) is 11.2 Å². The lowest BCUT2D eigenvalue weighted by atomic mass is 10.2. The first kappa shape index (κ1) is 15.5. The van der Waals surface area contributed by atoms with E-state index in [0.29, 0.717) is 17.0 Å². The molecule has 0 unspecified atom stereocenters. The van der Waals surface area contributed by atoms with Crippen molar-refractivity contribution in [1.82, 2.24) is 4.98 Å². The number of benzene rings is 2. The van der Waals surface area contributed by atoms with E-state index in [2.05, 4.69) is 9.71 Å². The van der Waals surface area contributed by atoms with Crippen LogP contribution in [0.15, 0.2) is 64.4 Å². The summed E-state index contributed by atoms with van der Waals surface area (Å²) in [7, 11) is -3.94. The first-order chi connectivity index (χ1) is 11.0. The van der Waals surface area contributed by atoms with E-state index in [4.69, 9.17) is 16.0 Å². The largest absolute Gasteiger partial charge is 0.444 e. The molecule has 1 N–H and O–H groups in total. The van der Waals surface area contributed by atoms with Gasteiger partial charge in [-0.05, 0) is 30.3 Å². The number of rotatable bonds is 4. The fourth-order valence-corrected chi connectivity index (χ4v) is 3.58. The maximum absolute atomic E-state index is 13.1. The lowest BCUT2D eigenvalue weighted by Gasteiger charge is -2.10. The number of aromatic nitrogens is 1. The van der Waals surface area contributed by atoms with Gasteiger partial charge in [-0.2, -0.15) is 0 Å². The molecule has 0 spiro atoms. The third kappa shape index (κ3) is 3.35. The molecule has 0 saturated carbocycles. The van der Waals surface area contributed by atoms with Gasteiger partial charge in [0.25, 0.3) is 10.0 Å². The van der Waals surface area contributed by atoms with E-state index in [0.717, 1.165) is 18.2 Å². The van der Waals surface area contributed by atoms with Crippen LogP contribution in [-0.2, 0) is 10.0 Å². The number of halogens is 2. The summed E-state index contributed by atoms with van der Waals surface area (Å²) in [6.07, 6.45) is 2.80. The van der Waals surface area contributed by atoms with E-state index < -0.39 is 15.8 Å². The summed E-state index contributed by atoms with van der Waals surface area (Å²) in [5.74, 6) is -0.105. The number of hydrogen-bond acceptors (Lipinski definition) is 4. The van der Waals surface area contributed by atoms with Crippen molar-refractivity contribution >= 4 is 27.3 Å². The molecule has 0 amide bonds. The molecule has 1 aromatic heterocycles. The van der Waals surface area contributed by atoms with Gasteiger partial charge >= 0.3 is 0 Å². The zero-order valence-electron chi connectivity index (χ0n) is 11.5. The molecule has 8 heteroatoms. The molecule has 0 saturated heterocycles. The Morgan fingerprint density at radius 2 is 2.00 bits per heavy atom. The number of oxazole rings is 1. The van der Waals surface area contributed by atoms with Gasteiger partial charge in [-0.1, -0.05) is 23.7 Å². The SMILES string of the molecule is O=S(=O)(Nc1cccc(-c2cnco2)c1)c1ccc(F)cc1Cl. The summed E-state index contributed by atoms with van der Waals surface area (Å²) in [6, 6.07) is 9.68. The van der Waals surface area contributed by atoms with Crippen LogP contribution in [0.1, 0.15) is 0 Å². The van der Waals surface area contributed by atoms with Crippen molar-refractivity contribution in [3.8, 4) is 11.3 Å². The Morgan fingerprint density at radius 3 is 2.70 bits per heavy atom. The molecule has 2 aromatic carbocycles. The molecule has 0 radical (unpaired) electrons. The van der Waals surface area contributed by atoms with Gasteiger partial charge in [0, 0.05) is 11.3 Å². The van der Waals surface area contributed by atoms with Crippen molar-refractivity contribution in [2.75, 3.05) is 4.72 Å². The summed E-state index contributed by atoms with van der Waals surface area (Å²) >= 11 is 5.81. The molecule has 0 aliphatic carbocycles. The summed E-state index contributed by atoms with van der Waals surface area (Å²) in [5, 5.41) is -0.191. The van der Waals surface area contributed by atoms with E-state index >= 15 is 0 Å². The van der Waals surface area contributed by atoms with Crippen molar-refractivity contribution in [3.05, 3.63) is 65.9 Å². The molecular weight excluding hydrogens is 343 g/mol. The van der Waals surface area contributed by atoms with Crippen LogP contribution in [0.4, 0.5) is 10.1 Å². The highest BCUT2D eigenvalue weighted by Gasteiger charge is 2.18. The third-order valence-corrected chi connectivity index (χ3v) is 4.88. The van der Waals surface area contributed by atoms with Gasteiger partial charge in [-0.3, -0.25) is 4.72 Å². The first-order valence-corrected chi connectivity index (χ1v) is 8.28. The first-order valence-electron chi connectivity index (χ1n) is 6.42. The zero-order chi connectivity index (χ0) is 16.4. The highest BCUT2D eigenvalue weighted by atomic mass is 35.5. The fourth-order valence-electron chi connectivity index (χ4n) is 2.00. The molecule has 23 heavy (non-hydrogen) atoms. The van der Waals surface area contributed by atoms with Gasteiger partial charge in [0.2, 0.25) is 0 Å². The van der Waals surface area contributed by atoms with E-state index in [1.807, 2.05) is 0 Å². The molecule has 3 aromatic rings. The molecular formula is C15H10ClFN2O3S. The normalized spacial score (nSPS) is 11.4. The number of nitrogens with zero attached hydrogens (tertiary/aromatic N) is 1. The van der Waals surface area contributed by atoms with Crippen molar-refractivity contribution in [3.63, 3.8) is 0 Å². The van der Waals surface area contributed by atoms with Crippen LogP contribution in [0.5, 0.6) is 0 Å². The van der Waals surface area contributed by atoms with E-state index in [-0.39, 0.29) is 9.92 Å². The standard InChI is InChI=1S/C15H10ClFN2O3S/c16-13-7-11(17)4-5-15(13)23(20,21)19-12-3-1-2-10(6-12)14-8-18-9-22-14/h1-9,19H. The van der Waals surface area contributed by atoms with Crippen LogP contribution < -0.4 is 4.72 Å². The quantitative estimate of drug-likeness (QED) is 0.772. The van der Waals surface area contributed by atoms with Gasteiger partial charge in [-0.25, -0.2) is 17.8 Å². The molecule has 1 heterocycles. The summed E-state index contributed by atoms with van der Waals surface area (Å²) < 4.78 is 45.4. The molecule has 0 bridgehead atoms. The minimum absolute atomic E-state index is 0.191. The fraction of sp³-hybridized carbons (Fsp3) is 0. The van der Waals surface area contributed by atoms with Crippen LogP contribution in [-0.4, -0.2) is 13.4 Å². The van der Waals surface area contributed by atoms with Gasteiger partial charge in [-0.15, -0.1) is 0 Å². The maximum Gasteiger partial charge on any atom is 0.263 e. The van der Waals surface area contributed by atoms with Crippen LogP contribution in [0.2, 0.25) is 5.02 Å². The third-order valence-electron chi connectivity index (χ3n) is 3.02. The minimum Gasteiger partial charge on any atom is -0.444 e. The Bertz CT molecular complexity index is 943. The monoisotopic (exact) mass is 352 g/mol. The predicted molar refractivity (Wildman–Crippen MR) is 84.2 cm³/mol. The van der Waals surface area contributed by atoms with E-state index in [9.17, 15) is 12.8 Å². The molecule has 118 valence electrons. The Hall–Kier alpha value is -2.38. The lowest BCUT2D eigenvalue weighted by molar-refractivity contribution is 0.572. The van der Waals surface area contributed by atoms with Crippen LogP contribution in [0.3, 0.4) is 0 Å². The van der Waals surface area contributed by atoms with E-state index in [1.165, 1.54) is 12.6 Å². The molecule has 0 aliphatic rings. The Kier molecular flexibility index (Phi) is 4.06. The second kappa shape index (κ2) is 6.02. The van der Waals surface area contributed by atoms with Crippen LogP contribution >= 0.6 is 11.6 Å². The molecule has 0 aliphatic heterocycles. The number of hydrogen-bond donors (Lipinski definition) is 1. The second-order valence-electron chi connectivity index (χ2n) is 4.63. The van der Waals surface area contributed by atoms with Crippen molar-refractivity contribution in [1.29, 1.82) is 0 Å².